The van der Waals surface area contributed by atoms with Gasteiger partial charge in [-0.05, 0) is 48.9 Å². The third-order valence-corrected chi connectivity index (χ3v) is 3.55. The van der Waals surface area contributed by atoms with E-state index in [1.54, 1.807) is 24.3 Å². The van der Waals surface area contributed by atoms with Gasteiger partial charge in [-0.15, -0.1) is 0 Å². The van der Waals surface area contributed by atoms with E-state index in [4.69, 9.17) is 11.6 Å². The molecule has 0 aliphatic carbocycles. The smallest absolute Gasteiger partial charge is 0.251 e. The molecule has 2 aromatic rings. The van der Waals surface area contributed by atoms with Crippen molar-refractivity contribution in [3.8, 4) is 0 Å². The van der Waals surface area contributed by atoms with Gasteiger partial charge in [-0.25, -0.2) is 0 Å². The normalized spacial score (nSPS) is 11.9. The molecule has 0 fully saturated rings. The summed E-state index contributed by atoms with van der Waals surface area (Å²) in [5.41, 5.74) is 1.66. The summed E-state index contributed by atoms with van der Waals surface area (Å²) in [7, 11) is 0. The van der Waals surface area contributed by atoms with Crippen molar-refractivity contribution in [3.05, 3.63) is 69.2 Å². The maximum Gasteiger partial charge on any atom is 0.251 e. The Labute approximate surface area is 125 Å². The third-order valence-electron chi connectivity index (χ3n) is 2.80. The summed E-state index contributed by atoms with van der Waals surface area (Å²) in [4.78, 5) is 12.1. The van der Waals surface area contributed by atoms with E-state index in [0.717, 1.165) is 10.0 Å². The molecule has 2 nitrogen and oxygen atoms in total. The number of halogens is 2. The Kier molecular flexibility index (Phi) is 4.61. The van der Waals surface area contributed by atoms with Gasteiger partial charge in [-0.1, -0.05) is 39.7 Å². The Morgan fingerprint density at radius 1 is 1.21 bits per heavy atom. The molecule has 0 aliphatic heterocycles. The molecule has 4 heteroatoms. The van der Waals surface area contributed by atoms with Crippen LogP contribution in [0.25, 0.3) is 0 Å². The fourth-order valence-corrected chi connectivity index (χ4v) is 2.28. The highest BCUT2D eigenvalue weighted by molar-refractivity contribution is 9.10. The number of hydrogen-bond donors (Lipinski definition) is 1. The maximum atomic E-state index is 12.1. The van der Waals surface area contributed by atoms with Gasteiger partial charge in [-0.3, -0.25) is 4.79 Å². The van der Waals surface area contributed by atoms with Gasteiger partial charge in [-0.2, -0.15) is 0 Å². The number of amides is 1. The van der Waals surface area contributed by atoms with Crippen LogP contribution in [0, 0.1) is 0 Å². The van der Waals surface area contributed by atoms with Crippen molar-refractivity contribution >= 4 is 33.4 Å². The average molecular weight is 339 g/mol. The van der Waals surface area contributed by atoms with E-state index in [1.807, 2.05) is 31.2 Å². The predicted octanol–water partition coefficient (Wildman–Crippen LogP) is 4.59. The monoisotopic (exact) mass is 337 g/mol. The van der Waals surface area contributed by atoms with Crippen LogP contribution in [-0.4, -0.2) is 5.91 Å². The van der Waals surface area contributed by atoms with E-state index in [1.165, 1.54) is 0 Å². The zero-order valence-electron chi connectivity index (χ0n) is 10.4. The van der Waals surface area contributed by atoms with Crippen molar-refractivity contribution in [2.24, 2.45) is 0 Å². The van der Waals surface area contributed by atoms with E-state index >= 15 is 0 Å². The fourth-order valence-electron chi connectivity index (χ4n) is 1.74. The van der Waals surface area contributed by atoms with Gasteiger partial charge >= 0.3 is 0 Å². The minimum atomic E-state index is -0.107. The van der Waals surface area contributed by atoms with Crippen LogP contribution < -0.4 is 5.32 Å². The zero-order valence-corrected chi connectivity index (χ0v) is 12.7. The van der Waals surface area contributed by atoms with E-state index in [0.29, 0.717) is 10.6 Å². The van der Waals surface area contributed by atoms with E-state index in [9.17, 15) is 4.79 Å². The molecule has 0 bridgehead atoms. The molecule has 0 radical (unpaired) electrons. The van der Waals surface area contributed by atoms with E-state index in [2.05, 4.69) is 21.2 Å². The molecule has 0 aromatic heterocycles. The molecule has 0 saturated heterocycles. The maximum absolute atomic E-state index is 12.1. The summed E-state index contributed by atoms with van der Waals surface area (Å²) >= 11 is 9.22. The van der Waals surface area contributed by atoms with Crippen molar-refractivity contribution in [2.75, 3.05) is 0 Å². The highest BCUT2D eigenvalue weighted by atomic mass is 79.9. The van der Waals surface area contributed by atoms with Crippen LogP contribution in [0.1, 0.15) is 28.9 Å². The molecule has 2 rings (SSSR count). The minimum Gasteiger partial charge on any atom is -0.346 e. The van der Waals surface area contributed by atoms with Crippen LogP contribution in [0.15, 0.2) is 53.0 Å². The second-order valence-corrected chi connectivity index (χ2v) is 5.61. The van der Waals surface area contributed by atoms with Crippen LogP contribution in [0.3, 0.4) is 0 Å². The van der Waals surface area contributed by atoms with Crippen molar-refractivity contribution < 1.29 is 4.79 Å². The number of carbonyl (C=O) groups is 1. The first-order chi connectivity index (χ1) is 9.06. The van der Waals surface area contributed by atoms with Crippen molar-refractivity contribution in [1.82, 2.24) is 5.32 Å². The molecule has 1 atom stereocenters. The lowest BCUT2D eigenvalue weighted by molar-refractivity contribution is 0.0940. The van der Waals surface area contributed by atoms with Gasteiger partial charge < -0.3 is 5.32 Å². The number of rotatable bonds is 3. The van der Waals surface area contributed by atoms with Crippen molar-refractivity contribution in [1.29, 1.82) is 0 Å². The highest BCUT2D eigenvalue weighted by Gasteiger charge is 2.11. The lowest BCUT2D eigenvalue weighted by atomic mass is 10.1. The van der Waals surface area contributed by atoms with Gasteiger partial charge in [0.1, 0.15) is 0 Å². The van der Waals surface area contributed by atoms with E-state index in [-0.39, 0.29) is 11.9 Å². The standard InChI is InChI=1S/C15H13BrClNO/c1-10(12-3-2-4-13(16)9-12)18-15(19)11-5-7-14(17)8-6-11/h2-10H,1H3,(H,18,19)/t10-/m0/s1. The van der Waals surface area contributed by atoms with Gasteiger partial charge in [0.25, 0.3) is 5.91 Å². The molecule has 0 saturated carbocycles. The van der Waals surface area contributed by atoms with E-state index < -0.39 is 0 Å². The molecule has 0 unspecified atom stereocenters. The summed E-state index contributed by atoms with van der Waals surface area (Å²) in [6, 6.07) is 14.7. The van der Waals surface area contributed by atoms with Crippen molar-refractivity contribution in [3.63, 3.8) is 0 Å². The summed E-state index contributed by atoms with van der Waals surface area (Å²) < 4.78 is 0.998. The molecule has 0 heterocycles. The quantitative estimate of drug-likeness (QED) is 0.871. The first kappa shape index (κ1) is 14.1. The van der Waals surface area contributed by atoms with Crippen LogP contribution in [0.4, 0.5) is 0 Å². The van der Waals surface area contributed by atoms with Crippen LogP contribution in [-0.2, 0) is 0 Å². The van der Waals surface area contributed by atoms with Gasteiger partial charge in [0.2, 0.25) is 0 Å². The van der Waals surface area contributed by atoms with Gasteiger partial charge in [0.05, 0.1) is 6.04 Å². The zero-order chi connectivity index (χ0) is 13.8. The average Bonchev–Trinajstić information content (AvgIpc) is 2.39. The first-order valence-corrected chi connectivity index (χ1v) is 7.05. The molecule has 2 aromatic carbocycles. The summed E-state index contributed by atoms with van der Waals surface area (Å²) in [6.07, 6.45) is 0. The molecular formula is C15H13BrClNO. The Morgan fingerprint density at radius 2 is 1.89 bits per heavy atom. The largest absolute Gasteiger partial charge is 0.346 e. The topological polar surface area (TPSA) is 29.1 Å². The van der Waals surface area contributed by atoms with Crippen LogP contribution in [0.2, 0.25) is 5.02 Å². The summed E-state index contributed by atoms with van der Waals surface area (Å²) in [6.45, 7) is 1.95. The Balaban J connectivity index is 2.08. The summed E-state index contributed by atoms with van der Waals surface area (Å²) in [5, 5.41) is 3.58. The Hall–Kier alpha value is -1.32. The van der Waals surface area contributed by atoms with Crippen LogP contribution >= 0.6 is 27.5 Å². The summed E-state index contributed by atoms with van der Waals surface area (Å²) in [5.74, 6) is -0.107. The molecule has 1 N–H and O–H groups in total. The second kappa shape index (κ2) is 6.22. The Bertz CT molecular complexity index is 583. The second-order valence-electron chi connectivity index (χ2n) is 4.26. The minimum absolute atomic E-state index is 0.0549. The Morgan fingerprint density at radius 3 is 2.53 bits per heavy atom. The molecule has 19 heavy (non-hydrogen) atoms. The SMILES string of the molecule is C[C@H](NC(=O)c1ccc(Cl)cc1)c1cccc(Br)c1. The van der Waals surface area contributed by atoms with Crippen molar-refractivity contribution in [2.45, 2.75) is 13.0 Å². The lowest BCUT2D eigenvalue weighted by Gasteiger charge is -2.14. The number of hydrogen-bond acceptors (Lipinski definition) is 1. The molecular weight excluding hydrogens is 326 g/mol. The third kappa shape index (κ3) is 3.82. The molecule has 98 valence electrons. The highest BCUT2D eigenvalue weighted by Crippen LogP contribution is 2.18. The molecule has 0 aliphatic rings. The number of nitrogens with one attached hydrogen (secondary N) is 1. The first-order valence-electron chi connectivity index (χ1n) is 5.88. The molecule has 0 spiro atoms. The number of benzene rings is 2. The lowest BCUT2D eigenvalue weighted by Crippen LogP contribution is -2.26. The molecule has 1 amide bonds. The fraction of sp³-hybridized carbons (Fsp3) is 0.133. The van der Waals surface area contributed by atoms with Gasteiger partial charge in [0, 0.05) is 15.1 Å². The number of carbonyl (C=O) groups excluding carboxylic acids is 1. The van der Waals surface area contributed by atoms with Gasteiger partial charge in [0.15, 0.2) is 0 Å². The predicted molar refractivity (Wildman–Crippen MR) is 81.5 cm³/mol. The van der Waals surface area contributed by atoms with Crippen LogP contribution in [0.5, 0.6) is 0 Å².